The van der Waals surface area contributed by atoms with Crippen molar-refractivity contribution < 1.29 is 4.79 Å². The van der Waals surface area contributed by atoms with Crippen molar-refractivity contribution in [2.75, 3.05) is 25.5 Å². The predicted molar refractivity (Wildman–Crippen MR) is 83.7 cm³/mol. The van der Waals surface area contributed by atoms with Crippen molar-refractivity contribution in [3.8, 4) is 0 Å². The lowest BCUT2D eigenvalue weighted by atomic mass is 10.2. The van der Waals surface area contributed by atoms with Crippen LogP contribution >= 0.6 is 0 Å². The van der Waals surface area contributed by atoms with E-state index in [1.54, 1.807) is 0 Å². The first-order chi connectivity index (χ1) is 9.56. The quantitative estimate of drug-likeness (QED) is 0.714. The Bertz CT molecular complexity index is 405. The molecule has 0 saturated heterocycles. The molecular weight excluding hydrogens is 252 g/mol. The van der Waals surface area contributed by atoms with Gasteiger partial charge in [0, 0.05) is 31.4 Å². The summed E-state index contributed by atoms with van der Waals surface area (Å²) >= 11 is 0. The lowest BCUT2D eigenvalue weighted by Crippen LogP contribution is -2.38. The topological polar surface area (TPSA) is 70.4 Å². The first-order valence-electron chi connectivity index (χ1n) is 7.11. The molecule has 0 aromatic heterocycles. The van der Waals surface area contributed by atoms with Gasteiger partial charge in [0.15, 0.2) is 0 Å². The minimum absolute atomic E-state index is 0.178. The van der Waals surface area contributed by atoms with Gasteiger partial charge in [-0.3, -0.25) is 0 Å². The summed E-state index contributed by atoms with van der Waals surface area (Å²) in [5, 5.41) is 5.65. The van der Waals surface area contributed by atoms with Crippen molar-refractivity contribution in [3.05, 3.63) is 29.8 Å². The van der Waals surface area contributed by atoms with Gasteiger partial charge in [0.1, 0.15) is 0 Å². The Kier molecular flexibility index (Phi) is 7.04. The van der Waals surface area contributed by atoms with Crippen molar-refractivity contribution in [2.45, 2.75) is 32.9 Å². The zero-order valence-electron chi connectivity index (χ0n) is 12.6. The average molecular weight is 278 g/mol. The largest absolute Gasteiger partial charge is 0.337 e. The van der Waals surface area contributed by atoms with Crippen LogP contribution in [0.2, 0.25) is 0 Å². The van der Waals surface area contributed by atoms with Crippen molar-refractivity contribution >= 4 is 11.7 Å². The van der Waals surface area contributed by atoms with Crippen molar-refractivity contribution in [3.63, 3.8) is 0 Å². The monoisotopic (exact) mass is 278 g/mol. The number of amides is 2. The normalized spacial score (nSPS) is 12.2. The Morgan fingerprint density at radius 1 is 1.35 bits per heavy atom. The second kappa shape index (κ2) is 8.55. The summed E-state index contributed by atoms with van der Waals surface area (Å²) in [5.74, 6) is 0. The highest BCUT2D eigenvalue weighted by atomic mass is 16.2. The minimum atomic E-state index is -0.178. The fourth-order valence-electron chi connectivity index (χ4n) is 1.78. The van der Waals surface area contributed by atoms with Gasteiger partial charge in [0.2, 0.25) is 0 Å². The smallest absolute Gasteiger partial charge is 0.319 e. The zero-order valence-corrected chi connectivity index (χ0v) is 12.6. The van der Waals surface area contributed by atoms with E-state index in [4.69, 9.17) is 5.73 Å². The number of carbonyl (C=O) groups is 1. The first kappa shape index (κ1) is 16.5. The number of nitrogens with zero attached hydrogens (tertiary/aromatic N) is 1. The Balaban J connectivity index is 2.29. The van der Waals surface area contributed by atoms with Gasteiger partial charge in [0.25, 0.3) is 0 Å². The molecule has 0 aliphatic heterocycles. The van der Waals surface area contributed by atoms with Crippen LogP contribution in [0.15, 0.2) is 24.3 Å². The lowest BCUT2D eigenvalue weighted by Gasteiger charge is -2.23. The fourth-order valence-corrected chi connectivity index (χ4v) is 1.78. The number of likely N-dealkylation sites (N-methyl/N-ethyl adjacent to an activating group) is 1. The summed E-state index contributed by atoms with van der Waals surface area (Å²) in [7, 11) is 2.07. The molecule has 1 unspecified atom stereocenters. The molecule has 0 aliphatic carbocycles. The van der Waals surface area contributed by atoms with Crippen LogP contribution in [-0.2, 0) is 6.54 Å². The van der Waals surface area contributed by atoms with E-state index in [1.807, 2.05) is 24.3 Å². The Labute approximate surface area is 121 Å². The summed E-state index contributed by atoms with van der Waals surface area (Å²) < 4.78 is 0. The van der Waals surface area contributed by atoms with E-state index in [1.165, 1.54) is 0 Å². The molecule has 20 heavy (non-hydrogen) atoms. The van der Waals surface area contributed by atoms with Gasteiger partial charge in [-0.1, -0.05) is 19.1 Å². The first-order valence-corrected chi connectivity index (χ1v) is 7.11. The van der Waals surface area contributed by atoms with Gasteiger partial charge >= 0.3 is 6.03 Å². The van der Waals surface area contributed by atoms with Crippen LogP contribution < -0.4 is 16.4 Å². The maximum absolute atomic E-state index is 11.7. The molecule has 112 valence electrons. The average Bonchev–Trinajstić information content (AvgIpc) is 2.47. The molecule has 0 spiro atoms. The van der Waals surface area contributed by atoms with Gasteiger partial charge in [-0.15, -0.1) is 0 Å². The number of benzene rings is 1. The standard InChI is InChI=1S/C15H26N4O/c1-4-12(2)19(3)10-9-17-15(20)18-14-7-5-13(11-16)6-8-14/h5-8,12H,4,9-11,16H2,1-3H3,(H2,17,18,20). The molecule has 4 N–H and O–H groups in total. The Hall–Kier alpha value is -1.59. The minimum Gasteiger partial charge on any atom is -0.337 e. The van der Waals surface area contributed by atoms with Gasteiger partial charge in [0.05, 0.1) is 0 Å². The SMILES string of the molecule is CCC(C)N(C)CCNC(=O)Nc1ccc(CN)cc1. The summed E-state index contributed by atoms with van der Waals surface area (Å²) in [6.45, 7) is 6.32. The van der Waals surface area contributed by atoms with E-state index in [2.05, 4.69) is 36.4 Å². The second-order valence-electron chi connectivity index (χ2n) is 5.02. The van der Waals surface area contributed by atoms with Crippen LogP contribution in [0, 0.1) is 0 Å². The molecule has 0 aliphatic rings. The Morgan fingerprint density at radius 3 is 2.55 bits per heavy atom. The van der Waals surface area contributed by atoms with Gasteiger partial charge in [-0.05, 0) is 38.1 Å². The number of urea groups is 1. The van der Waals surface area contributed by atoms with Crippen molar-refractivity contribution in [2.24, 2.45) is 5.73 Å². The lowest BCUT2D eigenvalue weighted by molar-refractivity contribution is 0.238. The van der Waals surface area contributed by atoms with Crippen molar-refractivity contribution in [1.82, 2.24) is 10.2 Å². The highest BCUT2D eigenvalue weighted by Gasteiger charge is 2.07. The van der Waals surface area contributed by atoms with Gasteiger partial charge in [-0.25, -0.2) is 4.79 Å². The third-order valence-electron chi connectivity index (χ3n) is 3.54. The van der Waals surface area contributed by atoms with E-state index in [0.29, 0.717) is 19.1 Å². The fraction of sp³-hybridized carbons (Fsp3) is 0.533. The molecule has 0 bridgehead atoms. The molecule has 1 aromatic rings. The maximum Gasteiger partial charge on any atom is 0.319 e. The number of nitrogens with two attached hydrogens (primary N) is 1. The van der Waals surface area contributed by atoms with Crippen LogP contribution in [0.25, 0.3) is 0 Å². The van der Waals surface area contributed by atoms with Gasteiger partial charge in [-0.2, -0.15) is 0 Å². The van der Waals surface area contributed by atoms with Gasteiger partial charge < -0.3 is 21.3 Å². The molecule has 2 amide bonds. The van der Waals surface area contributed by atoms with Crippen LogP contribution in [0.4, 0.5) is 10.5 Å². The van der Waals surface area contributed by atoms with Crippen LogP contribution in [0.5, 0.6) is 0 Å². The molecule has 5 nitrogen and oxygen atoms in total. The molecule has 0 fully saturated rings. The number of anilines is 1. The molecule has 1 atom stereocenters. The molecule has 0 heterocycles. The van der Waals surface area contributed by atoms with E-state index in [-0.39, 0.29) is 6.03 Å². The summed E-state index contributed by atoms with van der Waals surface area (Å²) in [4.78, 5) is 14.0. The maximum atomic E-state index is 11.7. The van der Waals surface area contributed by atoms with E-state index >= 15 is 0 Å². The third kappa shape index (κ3) is 5.59. The van der Waals surface area contributed by atoms with Crippen LogP contribution in [0.1, 0.15) is 25.8 Å². The van der Waals surface area contributed by atoms with E-state index in [9.17, 15) is 4.79 Å². The molecular formula is C15H26N4O. The van der Waals surface area contributed by atoms with Crippen LogP contribution in [-0.4, -0.2) is 37.1 Å². The number of hydrogen-bond donors (Lipinski definition) is 3. The summed E-state index contributed by atoms with van der Waals surface area (Å²) in [6.07, 6.45) is 1.11. The highest BCUT2D eigenvalue weighted by Crippen LogP contribution is 2.08. The number of carbonyl (C=O) groups excluding carboxylic acids is 1. The number of rotatable bonds is 7. The number of nitrogens with one attached hydrogen (secondary N) is 2. The molecule has 1 rings (SSSR count). The van der Waals surface area contributed by atoms with E-state index in [0.717, 1.165) is 24.2 Å². The third-order valence-corrected chi connectivity index (χ3v) is 3.54. The van der Waals surface area contributed by atoms with Crippen molar-refractivity contribution in [1.29, 1.82) is 0 Å². The van der Waals surface area contributed by atoms with Crippen LogP contribution in [0.3, 0.4) is 0 Å². The number of hydrogen-bond acceptors (Lipinski definition) is 3. The Morgan fingerprint density at radius 2 is 2.00 bits per heavy atom. The highest BCUT2D eigenvalue weighted by molar-refractivity contribution is 5.89. The molecule has 0 radical (unpaired) electrons. The zero-order chi connectivity index (χ0) is 15.0. The summed E-state index contributed by atoms with van der Waals surface area (Å²) in [6, 6.07) is 7.88. The summed E-state index contributed by atoms with van der Waals surface area (Å²) in [5.41, 5.74) is 7.35. The second-order valence-corrected chi connectivity index (χ2v) is 5.02. The van der Waals surface area contributed by atoms with E-state index < -0.39 is 0 Å². The molecule has 5 heteroatoms. The molecule has 1 aromatic carbocycles. The molecule has 0 saturated carbocycles. The predicted octanol–water partition coefficient (Wildman–Crippen LogP) is 2.00.